The molecule has 0 atom stereocenters. The Morgan fingerprint density at radius 3 is 2.47 bits per heavy atom. The Balaban J connectivity index is 3.04. The lowest BCUT2D eigenvalue weighted by Gasteiger charge is -2.17. The molecule has 0 bridgehead atoms. The summed E-state index contributed by atoms with van der Waals surface area (Å²) >= 11 is 0. The number of rotatable bonds is 4. The van der Waals surface area contributed by atoms with Gasteiger partial charge in [0, 0.05) is 20.0 Å². The summed E-state index contributed by atoms with van der Waals surface area (Å²) in [5.74, 6) is -1.67. The number of esters is 1. The molecule has 0 aromatic carbocycles. The Morgan fingerprint density at radius 2 is 1.95 bits per heavy atom. The standard InChI is InChI=1S/C12H15N3O4/c1-8(16)15(7-6-13)11(17)9-4-3-5-10(14-9)12(18)19-2/h3-5H,6-7,13H2,1-2H3. The maximum absolute atomic E-state index is 12.1. The molecule has 1 heterocycles. The first-order chi connectivity index (χ1) is 9.01. The van der Waals surface area contributed by atoms with Gasteiger partial charge in [-0.25, -0.2) is 9.78 Å². The number of imide groups is 1. The number of carbonyl (C=O) groups excluding carboxylic acids is 3. The summed E-state index contributed by atoms with van der Waals surface area (Å²) in [7, 11) is 1.22. The second-order valence-corrected chi connectivity index (χ2v) is 3.66. The molecule has 7 nitrogen and oxygen atoms in total. The lowest BCUT2D eigenvalue weighted by molar-refractivity contribution is -0.126. The highest BCUT2D eigenvalue weighted by Crippen LogP contribution is 2.05. The smallest absolute Gasteiger partial charge is 0.356 e. The fourth-order valence-electron chi connectivity index (χ4n) is 1.44. The molecule has 0 aliphatic rings. The second-order valence-electron chi connectivity index (χ2n) is 3.66. The number of hydrogen-bond donors (Lipinski definition) is 1. The average Bonchev–Trinajstić information content (AvgIpc) is 2.43. The van der Waals surface area contributed by atoms with Gasteiger partial charge in [-0.15, -0.1) is 0 Å². The minimum absolute atomic E-state index is 0.00426. The lowest BCUT2D eigenvalue weighted by Crippen LogP contribution is -2.39. The summed E-state index contributed by atoms with van der Waals surface area (Å²) in [6.07, 6.45) is 0. The van der Waals surface area contributed by atoms with E-state index < -0.39 is 17.8 Å². The molecule has 0 fully saturated rings. The zero-order valence-corrected chi connectivity index (χ0v) is 10.8. The first-order valence-electron chi connectivity index (χ1n) is 5.59. The van der Waals surface area contributed by atoms with Gasteiger partial charge in [-0.05, 0) is 12.1 Å². The highest BCUT2D eigenvalue weighted by Gasteiger charge is 2.21. The SMILES string of the molecule is COC(=O)c1cccc(C(=O)N(CCN)C(C)=O)n1. The molecule has 1 aromatic heterocycles. The number of aromatic nitrogens is 1. The van der Waals surface area contributed by atoms with Crippen molar-refractivity contribution in [2.75, 3.05) is 20.2 Å². The summed E-state index contributed by atoms with van der Waals surface area (Å²) in [6, 6.07) is 4.33. The van der Waals surface area contributed by atoms with Gasteiger partial charge in [-0.1, -0.05) is 6.07 Å². The van der Waals surface area contributed by atoms with E-state index in [0.29, 0.717) is 0 Å². The van der Waals surface area contributed by atoms with E-state index in [1.165, 1.54) is 32.2 Å². The van der Waals surface area contributed by atoms with E-state index in [0.717, 1.165) is 4.90 Å². The quantitative estimate of drug-likeness (QED) is 0.757. The first kappa shape index (κ1) is 14.8. The normalized spacial score (nSPS) is 9.84. The van der Waals surface area contributed by atoms with Gasteiger partial charge >= 0.3 is 5.97 Å². The van der Waals surface area contributed by atoms with Crippen LogP contribution in [-0.2, 0) is 9.53 Å². The van der Waals surface area contributed by atoms with Gasteiger partial charge in [0.05, 0.1) is 7.11 Å². The van der Waals surface area contributed by atoms with Crippen LogP contribution in [0.2, 0.25) is 0 Å². The zero-order valence-electron chi connectivity index (χ0n) is 10.8. The third-order valence-electron chi connectivity index (χ3n) is 2.34. The van der Waals surface area contributed by atoms with Crippen LogP contribution in [0.25, 0.3) is 0 Å². The molecule has 19 heavy (non-hydrogen) atoms. The van der Waals surface area contributed by atoms with Gasteiger partial charge in [0.1, 0.15) is 11.4 Å². The number of amides is 2. The number of nitrogens with zero attached hydrogens (tertiary/aromatic N) is 2. The summed E-state index contributed by atoms with van der Waals surface area (Å²) in [4.78, 5) is 39.6. The van der Waals surface area contributed by atoms with Crippen molar-refractivity contribution in [2.24, 2.45) is 5.73 Å². The number of methoxy groups -OCH3 is 1. The molecule has 0 spiro atoms. The highest BCUT2D eigenvalue weighted by molar-refractivity contribution is 6.03. The summed E-state index contributed by atoms with van der Waals surface area (Å²) in [6.45, 7) is 1.51. The monoisotopic (exact) mass is 265 g/mol. The van der Waals surface area contributed by atoms with E-state index >= 15 is 0 Å². The summed E-state index contributed by atoms with van der Waals surface area (Å²) in [5.41, 5.74) is 5.34. The second kappa shape index (κ2) is 6.60. The minimum atomic E-state index is -0.650. The van der Waals surface area contributed by atoms with E-state index in [1.807, 2.05) is 0 Å². The molecule has 102 valence electrons. The van der Waals surface area contributed by atoms with Crippen LogP contribution in [-0.4, -0.2) is 47.9 Å². The zero-order chi connectivity index (χ0) is 14.4. The molecular formula is C12H15N3O4. The van der Waals surface area contributed by atoms with Crippen LogP contribution in [0.5, 0.6) is 0 Å². The number of hydrogen-bond acceptors (Lipinski definition) is 6. The van der Waals surface area contributed by atoms with Crippen LogP contribution >= 0.6 is 0 Å². The Kier molecular flexibility index (Phi) is 5.13. The molecule has 0 radical (unpaired) electrons. The molecule has 0 aliphatic heterocycles. The maximum atomic E-state index is 12.1. The van der Waals surface area contributed by atoms with Crippen molar-refractivity contribution < 1.29 is 19.1 Å². The number of nitrogens with two attached hydrogens (primary N) is 1. The first-order valence-corrected chi connectivity index (χ1v) is 5.59. The molecule has 2 amide bonds. The van der Waals surface area contributed by atoms with Crippen LogP contribution in [0.15, 0.2) is 18.2 Å². The average molecular weight is 265 g/mol. The van der Waals surface area contributed by atoms with Crippen LogP contribution < -0.4 is 5.73 Å². The fraction of sp³-hybridized carbons (Fsp3) is 0.333. The van der Waals surface area contributed by atoms with E-state index in [1.54, 1.807) is 0 Å². The van der Waals surface area contributed by atoms with Crippen molar-refractivity contribution in [1.82, 2.24) is 9.88 Å². The van der Waals surface area contributed by atoms with Crippen molar-refractivity contribution in [2.45, 2.75) is 6.92 Å². The van der Waals surface area contributed by atoms with Gasteiger partial charge in [-0.3, -0.25) is 14.5 Å². The summed E-state index contributed by atoms with van der Waals surface area (Å²) < 4.78 is 4.51. The molecule has 0 aliphatic carbocycles. The van der Waals surface area contributed by atoms with Crippen LogP contribution in [0.4, 0.5) is 0 Å². The molecule has 1 rings (SSSR count). The molecule has 2 N–H and O–H groups in total. The van der Waals surface area contributed by atoms with E-state index in [-0.39, 0.29) is 24.5 Å². The summed E-state index contributed by atoms with van der Waals surface area (Å²) in [5, 5.41) is 0. The Hall–Kier alpha value is -2.28. The highest BCUT2D eigenvalue weighted by atomic mass is 16.5. The van der Waals surface area contributed by atoms with Crippen molar-refractivity contribution in [3.05, 3.63) is 29.6 Å². The van der Waals surface area contributed by atoms with Gasteiger partial charge < -0.3 is 10.5 Å². The fourth-order valence-corrected chi connectivity index (χ4v) is 1.44. The van der Waals surface area contributed by atoms with Gasteiger partial charge in [0.15, 0.2) is 0 Å². The molecule has 0 saturated heterocycles. The van der Waals surface area contributed by atoms with Crippen LogP contribution in [0.1, 0.15) is 27.9 Å². The third-order valence-corrected chi connectivity index (χ3v) is 2.34. The van der Waals surface area contributed by atoms with Gasteiger partial charge in [-0.2, -0.15) is 0 Å². The Bertz CT molecular complexity index is 502. The number of ether oxygens (including phenoxy) is 1. The Labute approximate surface area is 110 Å². The van der Waals surface area contributed by atoms with Crippen molar-refractivity contribution in [1.29, 1.82) is 0 Å². The third kappa shape index (κ3) is 3.59. The van der Waals surface area contributed by atoms with Crippen LogP contribution in [0.3, 0.4) is 0 Å². The van der Waals surface area contributed by atoms with E-state index in [2.05, 4.69) is 9.72 Å². The molecule has 0 unspecified atom stereocenters. The van der Waals surface area contributed by atoms with Crippen molar-refractivity contribution in [3.63, 3.8) is 0 Å². The van der Waals surface area contributed by atoms with Crippen molar-refractivity contribution >= 4 is 17.8 Å². The lowest BCUT2D eigenvalue weighted by atomic mass is 10.2. The predicted molar refractivity (Wildman–Crippen MR) is 66.3 cm³/mol. The van der Waals surface area contributed by atoms with Crippen molar-refractivity contribution in [3.8, 4) is 0 Å². The number of pyridine rings is 1. The predicted octanol–water partition coefficient (Wildman–Crippen LogP) is -0.184. The topological polar surface area (TPSA) is 103 Å². The minimum Gasteiger partial charge on any atom is -0.464 e. The van der Waals surface area contributed by atoms with Gasteiger partial charge in [0.2, 0.25) is 5.91 Å². The van der Waals surface area contributed by atoms with Gasteiger partial charge in [0.25, 0.3) is 5.91 Å². The Morgan fingerprint density at radius 1 is 1.32 bits per heavy atom. The molecule has 1 aromatic rings. The van der Waals surface area contributed by atoms with E-state index in [4.69, 9.17) is 5.73 Å². The number of carbonyl (C=O) groups is 3. The maximum Gasteiger partial charge on any atom is 0.356 e. The molecule has 0 saturated carbocycles. The molecule has 7 heteroatoms. The van der Waals surface area contributed by atoms with E-state index in [9.17, 15) is 14.4 Å². The molecular weight excluding hydrogens is 250 g/mol. The van der Waals surface area contributed by atoms with Crippen LogP contribution in [0, 0.1) is 0 Å². The largest absolute Gasteiger partial charge is 0.464 e.